The lowest BCUT2D eigenvalue weighted by Gasteiger charge is -2.37. The Labute approximate surface area is 166 Å². The summed E-state index contributed by atoms with van der Waals surface area (Å²) in [5.74, 6) is 0. The highest BCUT2D eigenvalue weighted by Crippen LogP contribution is 2.37. The molecule has 0 aliphatic carbocycles. The molecule has 4 nitrogen and oxygen atoms in total. The fourth-order valence-electron chi connectivity index (χ4n) is 1.75. The lowest BCUT2D eigenvalue weighted by atomic mass is 10.1. The molecule has 1 aromatic rings. The maximum absolute atomic E-state index is 12.0. The van der Waals surface area contributed by atoms with Crippen LogP contribution in [0.1, 0.15) is 32.4 Å². The summed E-state index contributed by atoms with van der Waals surface area (Å²) < 4.78 is 9.57. The number of rotatable bonds is 6. The second-order valence-electron chi connectivity index (χ2n) is 7.37. The van der Waals surface area contributed by atoms with Crippen LogP contribution in [0.15, 0.2) is 30.3 Å². The first-order chi connectivity index (χ1) is 11.3. The number of alkyl carbamates (subject to hydrolysis) is 1. The van der Waals surface area contributed by atoms with E-state index in [0.29, 0.717) is 6.61 Å². The van der Waals surface area contributed by atoms with E-state index in [2.05, 4.69) is 39.2 Å². The van der Waals surface area contributed by atoms with Gasteiger partial charge in [-0.05, 0) is 23.7 Å². The van der Waals surface area contributed by atoms with Crippen LogP contribution in [0.4, 0.5) is 4.79 Å². The van der Waals surface area contributed by atoms with Crippen molar-refractivity contribution in [2.75, 3.05) is 13.2 Å². The quantitative estimate of drug-likeness (QED) is 0.458. The number of hydrogen-bond donors (Lipinski definition) is 1. The fourth-order valence-corrected chi connectivity index (χ4v) is 2.93. The zero-order chi connectivity index (χ0) is 19.3. The van der Waals surface area contributed by atoms with Crippen LogP contribution in [-0.4, -0.2) is 31.4 Å². The second kappa shape index (κ2) is 8.96. The molecule has 0 heterocycles. The fraction of sp³-hybridized carbons (Fsp3) is 0.588. The minimum atomic E-state index is -1.96. The number of benzene rings is 1. The summed E-state index contributed by atoms with van der Waals surface area (Å²) in [4.78, 5) is 12.0. The Hall–Kier alpha value is -0.463. The van der Waals surface area contributed by atoms with E-state index in [-0.39, 0.29) is 17.7 Å². The van der Waals surface area contributed by atoms with Gasteiger partial charge in [-0.2, -0.15) is 0 Å². The van der Waals surface area contributed by atoms with Gasteiger partial charge >= 0.3 is 6.09 Å². The van der Waals surface area contributed by atoms with E-state index in [1.165, 1.54) is 0 Å². The summed E-state index contributed by atoms with van der Waals surface area (Å²) in [7, 11) is -1.96. The van der Waals surface area contributed by atoms with Crippen molar-refractivity contribution in [3.63, 3.8) is 0 Å². The molecule has 8 heteroatoms. The molecular weight excluding hydrogens is 401 g/mol. The van der Waals surface area contributed by atoms with E-state index in [0.717, 1.165) is 5.56 Å². The maximum atomic E-state index is 12.0. The number of nitrogens with one attached hydrogen (secondary N) is 1. The van der Waals surface area contributed by atoms with Crippen molar-refractivity contribution >= 4 is 49.2 Å². The van der Waals surface area contributed by atoms with Crippen LogP contribution >= 0.6 is 34.8 Å². The highest BCUT2D eigenvalue weighted by atomic mass is 35.6. The first-order valence-corrected chi connectivity index (χ1v) is 12.0. The monoisotopic (exact) mass is 425 g/mol. The van der Waals surface area contributed by atoms with Crippen molar-refractivity contribution in [1.82, 2.24) is 5.32 Å². The normalized spacial score (nSPS) is 14.1. The van der Waals surface area contributed by atoms with E-state index < -0.39 is 18.2 Å². The Morgan fingerprint density at radius 1 is 1.16 bits per heavy atom. The van der Waals surface area contributed by atoms with Gasteiger partial charge < -0.3 is 14.5 Å². The van der Waals surface area contributed by atoms with Crippen molar-refractivity contribution in [1.29, 1.82) is 0 Å². The summed E-state index contributed by atoms with van der Waals surface area (Å²) in [5.41, 5.74) is 0.923. The molecule has 0 saturated heterocycles. The maximum Gasteiger partial charge on any atom is 0.407 e. The first kappa shape index (κ1) is 22.6. The van der Waals surface area contributed by atoms with Crippen LogP contribution in [0.2, 0.25) is 18.1 Å². The summed E-state index contributed by atoms with van der Waals surface area (Å²) in [6.45, 7) is 10.8. The minimum Gasteiger partial charge on any atom is -0.445 e. The molecule has 1 amide bonds. The molecule has 0 unspecified atom stereocenters. The molecular formula is C17H26Cl3NO3Si. The van der Waals surface area contributed by atoms with Gasteiger partial charge in [0.25, 0.3) is 0 Å². The molecule has 142 valence electrons. The highest BCUT2D eigenvalue weighted by molar-refractivity contribution is 6.74. The Morgan fingerprint density at radius 3 is 2.20 bits per heavy atom. The Bertz CT molecular complexity index is 556. The average Bonchev–Trinajstić information content (AvgIpc) is 2.48. The number of halogens is 3. The second-order valence-corrected chi connectivity index (χ2v) is 14.7. The zero-order valence-electron chi connectivity index (χ0n) is 15.2. The van der Waals surface area contributed by atoms with Crippen molar-refractivity contribution < 1.29 is 14.0 Å². The van der Waals surface area contributed by atoms with Crippen LogP contribution in [0.25, 0.3) is 0 Å². The third-order valence-electron chi connectivity index (χ3n) is 4.28. The molecule has 1 atom stereocenters. The van der Waals surface area contributed by atoms with Crippen LogP contribution in [0, 0.1) is 0 Å². The Morgan fingerprint density at radius 2 is 1.72 bits per heavy atom. The van der Waals surface area contributed by atoms with Crippen LogP contribution in [-0.2, 0) is 9.16 Å². The van der Waals surface area contributed by atoms with Gasteiger partial charge in [0.15, 0.2) is 8.32 Å². The summed E-state index contributed by atoms with van der Waals surface area (Å²) in [6.07, 6.45) is -0.654. The number of alkyl halides is 3. The summed E-state index contributed by atoms with van der Waals surface area (Å²) in [6, 6.07) is 9.23. The summed E-state index contributed by atoms with van der Waals surface area (Å²) >= 11 is 16.8. The van der Waals surface area contributed by atoms with Gasteiger partial charge in [0.1, 0.15) is 6.61 Å². The molecule has 0 aromatic heterocycles. The molecule has 25 heavy (non-hydrogen) atoms. The van der Waals surface area contributed by atoms with Crippen molar-refractivity contribution in [2.45, 2.75) is 48.7 Å². The molecule has 0 spiro atoms. The van der Waals surface area contributed by atoms with Gasteiger partial charge in [0, 0.05) is 0 Å². The molecule has 1 aromatic carbocycles. The van der Waals surface area contributed by atoms with Crippen LogP contribution < -0.4 is 5.32 Å². The topological polar surface area (TPSA) is 47.6 Å². The first-order valence-electron chi connectivity index (χ1n) is 8.01. The van der Waals surface area contributed by atoms with Gasteiger partial charge in [-0.15, -0.1) is 0 Å². The van der Waals surface area contributed by atoms with E-state index in [1.54, 1.807) is 0 Å². The van der Waals surface area contributed by atoms with Crippen molar-refractivity contribution in [3.05, 3.63) is 35.9 Å². The van der Waals surface area contributed by atoms with Gasteiger partial charge in [0.05, 0.1) is 12.6 Å². The largest absolute Gasteiger partial charge is 0.445 e. The molecule has 1 rings (SSSR count). The summed E-state index contributed by atoms with van der Waals surface area (Å²) in [5, 5.41) is 2.86. The standard InChI is InChI=1S/C17H26Cl3NO3Si/c1-16(2,3)25(4,5)24-11-14(13-9-7-6-8-10-13)21-15(22)23-12-17(18,19)20/h6-10,14H,11-12H2,1-5H3,(H,21,22)/t14-/m0/s1. The number of carbonyl (C=O) groups excluding carboxylic acids is 1. The smallest absolute Gasteiger partial charge is 0.407 e. The van der Waals surface area contributed by atoms with E-state index >= 15 is 0 Å². The number of ether oxygens (including phenoxy) is 1. The van der Waals surface area contributed by atoms with E-state index in [4.69, 9.17) is 44.0 Å². The van der Waals surface area contributed by atoms with Crippen molar-refractivity contribution in [3.8, 4) is 0 Å². The van der Waals surface area contributed by atoms with Gasteiger partial charge in [-0.1, -0.05) is 85.9 Å². The molecule has 0 aliphatic rings. The lowest BCUT2D eigenvalue weighted by Crippen LogP contribution is -2.43. The average molecular weight is 427 g/mol. The predicted octanol–water partition coefficient (Wildman–Crippen LogP) is 5.85. The molecule has 0 aliphatic heterocycles. The molecule has 0 radical (unpaired) electrons. The van der Waals surface area contributed by atoms with Gasteiger partial charge in [-0.3, -0.25) is 0 Å². The number of amides is 1. The molecule has 1 N–H and O–H groups in total. The SMILES string of the molecule is CC(C)(C)[Si](C)(C)OC[C@H](NC(=O)OCC(Cl)(Cl)Cl)c1ccccc1. The number of hydrogen-bond acceptors (Lipinski definition) is 3. The molecule has 0 fully saturated rings. The lowest BCUT2D eigenvalue weighted by molar-refractivity contribution is 0.138. The Balaban J connectivity index is 2.80. The van der Waals surface area contributed by atoms with Crippen molar-refractivity contribution in [2.24, 2.45) is 0 Å². The van der Waals surface area contributed by atoms with E-state index in [9.17, 15) is 4.79 Å². The van der Waals surface area contributed by atoms with Crippen LogP contribution in [0.3, 0.4) is 0 Å². The Kier molecular flexibility index (Phi) is 8.09. The third-order valence-corrected chi connectivity index (χ3v) is 9.11. The minimum absolute atomic E-state index is 0.0736. The number of carbonyl (C=O) groups is 1. The molecule has 0 bridgehead atoms. The van der Waals surface area contributed by atoms with Gasteiger partial charge in [-0.25, -0.2) is 4.79 Å². The van der Waals surface area contributed by atoms with Gasteiger partial charge in [0.2, 0.25) is 3.79 Å². The highest BCUT2D eigenvalue weighted by Gasteiger charge is 2.38. The molecule has 0 saturated carbocycles. The van der Waals surface area contributed by atoms with Crippen LogP contribution in [0.5, 0.6) is 0 Å². The van der Waals surface area contributed by atoms with E-state index in [1.807, 2.05) is 30.3 Å². The zero-order valence-corrected chi connectivity index (χ0v) is 18.5. The third kappa shape index (κ3) is 8.18. The predicted molar refractivity (Wildman–Crippen MR) is 107 cm³/mol.